The molecule has 0 aliphatic rings. The topological polar surface area (TPSA) is 66.2 Å². The fourth-order valence-electron chi connectivity index (χ4n) is 3.20. The molecule has 2 aromatic carbocycles. The van der Waals surface area contributed by atoms with Gasteiger partial charge in [0.15, 0.2) is 5.65 Å². The van der Waals surface area contributed by atoms with Crippen molar-refractivity contribution in [3.8, 4) is 17.6 Å². The van der Waals surface area contributed by atoms with Gasteiger partial charge in [0.1, 0.15) is 5.75 Å². The van der Waals surface area contributed by atoms with Crippen molar-refractivity contribution in [2.24, 2.45) is 0 Å². The van der Waals surface area contributed by atoms with E-state index in [1.165, 1.54) is 7.11 Å². The second-order valence-electron chi connectivity index (χ2n) is 7.06. The third-order valence-corrected chi connectivity index (χ3v) is 4.97. The molecule has 0 aliphatic carbocycles. The molecule has 0 amide bonds. The van der Waals surface area contributed by atoms with Crippen molar-refractivity contribution in [3.63, 3.8) is 0 Å². The predicted molar refractivity (Wildman–Crippen MR) is 118 cm³/mol. The Morgan fingerprint density at radius 1 is 1.03 bits per heavy atom. The third-order valence-electron chi connectivity index (χ3n) is 4.97. The number of benzene rings is 2. The van der Waals surface area contributed by atoms with Gasteiger partial charge in [-0.1, -0.05) is 30.0 Å². The highest BCUT2D eigenvalue weighted by molar-refractivity contribution is 5.90. The monoisotopic (exact) mass is 411 g/mol. The fourth-order valence-corrected chi connectivity index (χ4v) is 3.20. The van der Waals surface area contributed by atoms with E-state index in [0.717, 1.165) is 39.0 Å². The molecule has 4 aromatic rings. The highest BCUT2D eigenvalue weighted by Gasteiger charge is 2.08. The zero-order valence-corrected chi connectivity index (χ0v) is 17.5. The molecule has 0 saturated carbocycles. The van der Waals surface area contributed by atoms with Crippen LogP contribution >= 0.6 is 0 Å². The Kier molecular flexibility index (Phi) is 5.67. The van der Waals surface area contributed by atoms with Crippen molar-refractivity contribution >= 4 is 17.0 Å². The minimum atomic E-state index is -0.379. The van der Waals surface area contributed by atoms with E-state index in [1.807, 2.05) is 48.0 Å². The molecule has 0 atom stereocenters. The number of ether oxygens (including phenoxy) is 2. The maximum absolute atomic E-state index is 11.8. The van der Waals surface area contributed by atoms with E-state index in [4.69, 9.17) is 9.47 Å². The van der Waals surface area contributed by atoms with Crippen LogP contribution in [-0.4, -0.2) is 35.0 Å². The number of aromatic nitrogens is 3. The zero-order valence-electron chi connectivity index (χ0n) is 17.5. The van der Waals surface area contributed by atoms with E-state index >= 15 is 0 Å². The van der Waals surface area contributed by atoms with Crippen LogP contribution in [0, 0.1) is 18.8 Å². The molecule has 154 valence electrons. The summed E-state index contributed by atoms with van der Waals surface area (Å²) in [7, 11) is 3.01. The number of esters is 1. The van der Waals surface area contributed by atoms with Gasteiger partial charge in [0, 0.05) is 22.7 Å². The number of hydrogen-bond donors (Lipinski definition) is 0. The largest absolute Gasteiger partial charge is 0.497 e. The lowest BCUT2D eigenvalue weighted by molar-refractivity contribution is 0.0600. The van der Waals surface area contributed by atoms with Crippen LogP contribution < -0.4 is 4.74 Å². The molecule has 0 spiro atoms. The van der Waals surface area contributed by atoms with Gasteiger partial charge in [-0.15, -0.1) is 0 Å². The normalized spacial score (nSPS) is 10.4. The molecule has 6 heteroatoms. The number of nitrogens with zero attached hydrogens (tertiary/aromatic N) is 3. The molecule has 31 heavy (non-hydrogen) atoms. The van der Waals surface area contributed by atoms with Gasteiger partial charge in [-0.05, 0) is 48.4 Å². The molecule has 4 rings (SSSR count). The van der Waals surface area contributed by atoms with E-state index < -0.39 is 0 Å². The lowest BCUT2D eigenvalue weighted by Crippen LogP contribution is -2.02. The molecule has 0 N–H and O–H groups in total. The molecular formula is C25H21N3O3. The number of fused-ring (bicyclic) bond motifs is 1. The minimum absolute atomic E-state index is 0.379. The van der Waals surface area contributed by atoms with Gasteiger partial charge >= 0.3 is 5.97 Å². The minimum Gasteiger partial charge on any atom is -0.497 e. The van der Waals surface area contributed by atoms with Crippen LogP contribution in [0.5, 0.6) is 5.75 Å². The predicted octanol–water partition coefficient (Wildman–Crippen LogP) is 3.98. The van der Waals surface area contributed by atoms with Crippen molar-refractivity contribution in [1.29, 1.82) is 0 Å². The van der Waals surface area contributed by atoms with E-state index in [1.54, 1.807) is 31.6 Å². The second-order valence-corrected chi connectivity index (χ2v) is 7.06. The Labute approximate surface area is 180 Å². The third kappa shape index (κ3) is 4.41. The number of carbonyl (C=O) groups excluding carboxylic acids is 1. The zero-order chi connectivity index (χ0) is 21.8. The van der Waals surface area contributed by atoms with E-state index in [-0.39, 0.29) is 5.97 Å². The van der Waals surface area contributed by atoms with Gasteiger partial charge in [0.25, 0.3) is 0 Å². The molecular weight excluding hydrogens is 390 g/mol. The Bertz CT molecular complexity index is 1310. The number of hydrogen-bond acceptors (Lipinski definition) is 5. The molecule has 0 radical (unpaired) electrons. The number of carbonyl (C=O) groups is 1. The van der Waals surface area contributed by atoms with E-state index in [2.05, 4.69) is 21.9 Å². The van der Waals surface area contributed by atoms with Crippen LogP contribution in [0.4, 0.5) is 0 Å². The molecule has 0 saturated heterocycles. The summed E-state index contributed by atoms with van der Waals surface area (Å²) in [4.78, 5) is 16.3. The number of aryl methyl sites for hydroxylation is 1. The summed E-state index contributed by atoms with van der Waals surface area (Å²) in [5.41, 5.74) is 4.92. The highest BCUT2D eigenvalue weighted by atomic mass is 16.5. The van der Waals surface area contributed by atoms with Crippen molar-refractivity contribution in [2.75, 3.05) is 14.2 Å². The average Bonchev–Trinajstić information content (AvgIpc) is 3.20. The summed E-state index contributed by atoms with van der Waals surface area (Å²) in [6.07, 6.45) is 3.53. The lowest BCUT2D eigenvalue weighted by Gasteiger charge is -2.05. The quantitative estimate of drug-likeness (QED) is 0.375. The summed E-state index contributed by atoms with van der Waals surface area (Å²) in [6.45, 7) is 2.57. The van der Waals surface area contributed by atoms with Gasteiger partial charge in [0.2, 0.25) is 0 Å². The fraction of sp³-hybridized carbons (Fsp3) is 0.160. The second kappa shape index (κ2) is 8.72. The number of rotatable bonds is 4. The van der Waals surface area contributed by atoms with Crippen molar-refractivity contribution < 1.29 is 14.3 Å². The molecule has 0 unspecified atom stereocenters. The first-order valence-corrected chi connectivity index (χ1v) is 9.73. The van der Waals surface area contributed by atoms with Crippen molar-refractivity contribution in [1.82, 2.24) is 14.8 Å². The van der Waals surface area contributed by atoms with Gasteiger partial charge in [-0.2, -0.15) is 5.10 Å². The SMILES string of the molecule is COC(=O)c1ccc(C)c(C#Cc2cnc3c(cnn3Cc3ccc(OC)cc3)c2)c1. The molecule has 0 aliphatic heterocycles. The van der Waals surface area contributed by atoms with E-state index in [0.29, 0.717) is 12.1 Å². The van der Waals surface area contributed by atoms with Crippen molar-refractivity contribution in [2.45, 2.75) is 13.5 Å². The first-order valence-electron chi connectivity index (χ1n) is 9.73. The van der Waals surface area contributed by atoms with Crippen LogP contribution in [-0.2, 0) is 11.3 Å². The van der Waals surface area contributed by atoms with Crippen molar-refractivity contribution in [3.05, 3.63) is 88.7 Å². The Morgan fingerprint density at radius 3 is 2.58 bits per heavy atom. The molecule has 2 aromatic heterocycles. The van der Waals surface area contributed by atoms with Crippen LogP contribution in [0.2, 0.25) is 0 Å². The average molecular weight is 411 g/mol. The first-order chi connectivity index (χ1) is 15.1. The van der Waals surface area contributed by atoms with Gasteiger partial charge < -0.3 is 9.47 Å². The summed E-state index contributed by atoms with van der Waals surface area (Å²) >= 11 is 0. The molecule has 2 heterocycles. The van der Waals surface area contributed by atoms with Gasteiger partial charge in [0.05, 0.1) is 32.5 Å². The summed E-state index contributed by atoms with van der Waals surface area (Å²) in [5, 5.41) is 5.39. The van der Waals surface area contributed by atoms with Crippen LogP contribution in [0.25, 0.3) is 11.0 Å². The van der Waals surface area contributed by atoms with E-state index in [9.17, 15) is 4.79 Å². The Morgan fingerprint density at radius 2 is 1.84 bits per heavy atom. The van der Waals surface area contributed by atoms with Crippen LogP contribution in [0.15, 0.2) is 60.9 Å². The lowest BCUT2D eigenvalue weighted by atomic mass is 10.0. The summed E-state index contributed by atoms with van der Waals surface area (Å²) in [6, 6.07) is 15.2. The summed E-state index contributed by atoms with van der Waals surface area (Å²) in [5.74, 6) is 6.71. The summed E-state index contributed by atoms with van der Waals surface area (Å²) < 4.78 is 11.8. The van der Waals surface area contributed by atoms with Crippen LogP contribution in [0.1, 0.15) is 32.6 Å². The highest BCUT2D eigenvalue weighted by Crippen LogP contribution is 2.17. The molecule has 6 nitrogen and oxygen atoms in total. The maximum Gasteiger partial charge on any atom is 0.337 e. The number of pyridine rings is 1. The standard InChI is InChI=1S/C25H21N3O3/c1-17-4-8-21(25(29)31-3)13-20(17)9-5-19-12-22-15-27-28(24(22)26-14-19)16-18-6-10-23(30-2)11-7-18/h4,6-8,10-15H,16H2,1-3H3. The first kappa shape index (κ1) is 20.2. The molecule has 0 fully saturated rings. The Balaban J connectivity index is 1.58. The van der Waals surface area contributed by atoms with Gasteiger partial charge in [-0.25, -0.2) is 14.5 Å². The number of methoxy groups -OCH3 is 2. The smallest absolute Gasteiger partial charge is 0.337 e. The Hall–Kier alpha value is -4.11. The molecule has 0 bridgehead atoms. The van der Waals surface area contributed by atoms with Crippen LogP contribution in [0.3, 0.4) is 0 Å². The van der Waals surface area contributed by atoms with Gasteiger partial charge in [-0.3, -0.25) is 0 Å². The maximum atomic E-state index is 11.8.